The van der Waals surface area contributed by atoms with E-state index in [0.717, 1.165) is 0 Å². The highest BCUT2D eigenvalue weighted by Crippen LogP contribution is 2.34. The van der Waals surface area contributed by atoms with E-state index in [2.05, 4.69) is 10.2 Å². The molecule has 25 heavy (non-hydrogen) atoms. The number of aromatic hydroxyl groups is 1. The minimum Gasteiger partial charge on any atom is -0.506 e. The van der Waals surface area contributed by atoms with Gasteiger partial charge in [0.15, 0.2) is 0 Å². The molecular formula is C17H11N5O3. The van der Waals surface area contributed by atoms with Crippen molar-refractivity contribution in [1.82, 2.24) is 14.8 Å². The number of benzene rings is 1. The van der Waals surface area contributed by atoms with Crippen LogP contribution in [0.5, 0.6) is 5.75 Å². The molecule has 3 aromatic heterocycles. The van der Waals surface area contributed by atoms with Gasteiger partial charge in [-0.1, -0.05) is 12.1 Å². The lowest BCUT2D eigenvalue weighted by molar-refractivity contribution is 0.481. The maximum absolute atomic E-state index is 12.8. The summed E-state index contributed by atoms with van der Waals surface area (Å²) in [4.78, 5) is 12.8. The molecule has 0 saturated carbocycles. The standard InChI is InChI=1S/C17H11N5O3/c1-22-11-5-3-2-4-9(11)14(23)12(17(22)24)13-10-6-8(7-18)15(19)25-16(10)21-20-13/h2-6,19,23H,1H3,(H,20,21). The predicted molar refractivity (Wildman–Crippen MR) is 88.8 cm³/mol. The number of nitrogens with one attached hydrogen (secondary N) is 2. The molecule has 1 aromatic carbocycles. The van der Waals surface area contributed by atoms with Crippen LogP contribution >= 0.6 is 0 Å². The molecule has 0 aliphatic heterocycles. The average Bonchev–Trinajstić information content (AvgIpc) is 3.01. The minimum absolute atomic E-state index is 0.00672. The Balaban J connectivity index is 2.16. The number of rotatable bonds is 1. The number of H-pyrrole nitrogens is 1. The largest absolute Gasteiger partial charge is 0.506 e. The normalized spacial score (nSPS) is 11.0. The summed E-state index contributed by atoms with van der Waals surface area (Å²) >= 11 is 0. The molecule has 0 unspecified atom stereocenters. The van der Waals surface area contributed by atoms with E-state index in [1.807, 2.05) is 6.07 Å². The van der Waals surface area contributed by atoms with E-state index < -0.39 is 5.56 Å². The zero-order valence-corrected chi connectivity index (χ0v) is 13.0. The number of aromatic amines is 1. The van der Waals surface area contributed by atoms with Crippen LogP contribution in [0, 0.1) is 16.7 Å². The summed E-state index contributed by atoms with van der Waals surface area (Å²) in [5.41, 5.74) is 0.202. The zero-order valence-electron chi connectivity index (χ0n) is 13.0. The van der Waals surface area contributed by atoms with Gasteiger partial charge >= 0.3 is 0 Å². The Morgan fingerprint density at radius 2 is 2.12 bits per heavy atom. The molecule has 0 spiro atoms. The number of aromatic nitrogens is 3. The van der Waals surface area contributed by atoms with Gasteiger partial charge in [0, 0.05) is 12.4 Å². The Morgan fingerprint density at radius 1 is 1.36 bits per heavy atom. The number of fused-ring (bicyclic) bond motifs is 2. The van der Waals surface area contributed by atoms with Crippen LogP contribution in [0.15, 0.2) is 39.5 Å². The maximum atomic E-state index is 12.8. The molecule has 0 radical (unpaired) electrons. The van der Waals surface area contributed by atoms with Gasteiger partial charge in [-0.2, -0.15) is 5.26 Å². The van der Waals surface area contributed by atoms with Gasteiger partial charge < -0.3 is 14.1 Å². The van der Waals surface area contributed by atoms with E-state index in [1.54, 1.807) is 31.3 Å². The molecule has 3 heterocycles. The molecule has 122 valence electrons. The second-order valence-electron chi connectivity index (χ2n) is 5.52. The predicted octanol–water partition coefficient (Wildman–Crippen LogP) is 1.73. The summed E-state index contributed by atoms with van der Waals surface area (Å²) < 4.78 is 6.62. The highest BCUT2D eigenvalue weighted by molar-refractivity contribution is 5.98. The molecule has 0 aliphatic carbocycles. The molecule has 0 fully saturated rings. The number of pyridine rings is 1. The third-order valence-electron chi connectivity index (χ3n) is 4.15. The Bertz CT molecular complexity index is 1320. The average molecular weight is 333 g/mol. The molecule has 0 amide bonds. The summed E-state index contributed by atoms with van der Waals surface area (Å²) in [7, 11) is 1.61. The Kier molecular flexibility index (Phi) is 2.99. The van der Waals surface area contributed by atoms with Crippen molar-refractivity contribution in [2.24, 2.45) is 7.05 Å². The lowest BCUT2D eigenvalue weighted by atomic mass is 10.1. The van der Waals surface area contributed by atoms with Crippen molar-refractivity contribution in [2.45, 2.75) is 0 Å². The molecular weight excluding hydrogens is 322 g/mol. The third kappa shape index (κ3) is 1.96. The van der Waals surface area contributed by atoms with E-state index >= 15 is 0 Å². The summed E-state index contributed by atoms with van der Waals surface area (Å²) in [6, 6.07) is 10.3. The van der Waals surface area contributed by atoms with Gasteiger partial charge in [0.05, 0.1) is 16.6 Å². The van der Waals surface area contributed by atoms with Crippen molar-refractivity contribution in [3.8, 4) is 23.1 Å². The van der Waals surface area contributed by atoms with Gasteiger partial charge in [-0.15, -0.1) is 5.10 Å². The number of para-hydroxylation sites is 1. The molecule has 8 nitrogen and oxygen atoms in total. The molecule has 0 aliphatic rings. The summed E-state index contributed by atoms with van der Waals surface area (Å²) in [5, 5.41) is 34.9. The monoisotopic (exact) mass is 333 g/mol. The molecule has 0 bridgehead atoms. The Morgan fingerprint density at radius 3 is 2.88 bits per heavy atom. The summed E-state index contributed by atoms with van der Waals surface area (Å²) in [6.07, 6.45) is 0. The van der Waals surface area contributed by atoms with Crippen LogP contribution in [0.1, 0.15) is 5.56 Å². The molecule has 4 aromatic rings. The van der Waals surface area contributed by atoms with Gasteiger partial charge in [0.25, 0.3) is 5.56 Å². The van der Waals surface area contributed by atoms with Crippen molar-refractivity contribution in [3.05, 3.63) is 51.8 Å². The first-order valence-electron chi connectivity index (χ1n) is 7.31. The first-order valence-corrected chi connectivity index (χ1v) is 7.31. The fourth-order valence-corrected chi connectivity index (χ4v) is 2.89. The highest BCUT2D eigenvalue weighted by atomic mass is 16.3. The molecule has 0 atom stereocenters. The molecule has 4 rings (SSSR count). The van der Waals surface area contributed by atoms with E-state index in [0.29, 0.717) is 16.3 Å². The molecule has 0 saturated heterocycles. The summed E-state index contributed by atoms with van der Waals surface area (Å²) in [6.45, 7) is 0. The van der Waals surface area contributed by atoms with Gasteiger partial charge in [-0.3, -0.25) is 15.3 Å². The molecule has 3 N–H and O–H groups in total. The minimum atomic E-state index is -0.421. The van der Waals surface area contributed by atoms with Crippen LogP contribution in [-0.4, -0.2) is 19.9 Å². The lowest BCUT2D eigenvalue weighted by Gasteiger charge is -2.10. The van der Waals surface area contributed by atoms with E-state index in [-0.39, 0.29) is 33.8 Å². The van der Waals surface area contributed by atoms with Gasteiger partial charge in [0.2, 0.25) is 11.3 Å². The van der Waals surface area contributed by atoms with Crippen LogP contribution in [-0.2, 0) is 7.05 Å². The van der Waals surface area contributed by atoms with Crippen LogP contribution in [0.2, 0.25) is 0 Å². The van der Waals surface area contributed by atoms with E-state index in [4.69, 9.17) is 15.1 Å². The van der Waals surface area contributed by atoms with Gasteiger partial charge in [0.1, 0.15) is 22.9 Å². The van der Waals surface area contributed by atoms with Gasteiger partial charge in [-0.05, 0) is 18.2 Å². The van der Waals surface area contributed by atoms with Crippen LogP contribution in [0.3, 0.4) is 0 Å². The van der Waals surface area contributed by atoms with Crippen molar-refractivity contribution < 1.29 is 9.52 Å². The Hall–Kier alpha value is -3.86. The Labute approximate surface area is 139 Å². The van der Waals surface area contributed by atoms with Crippen molar-refractivity contribution in [1.29, 1.82) is 10.7 Å². The lowest BCUT2D eigenvalue weighted by Crippen LogP contribution is -2.19. The van der Waals surface area contributed by atoms with Crippen LogP contribution < -0.4 is 11.1 Å². The fourth-order valence-electron chi connectivity index (χ4n) is 2.89. The van der Waals surface area contributed by atoms with Crippen LogP contribution in [0.4, 0.5) is 0 Å². The fraction of sp³-hybridized carbons (Fsp3) is 0.0588. The smallest absolute Gasteiger partial charge is 0.264 e. The van der Waals surface area contributed by atoms with E-state index in [9.17, 15) is 9.90 Å². The number of nitrogens with zero attached hydrogens (tertiary/aromatic N) is 3. The first-order chi connectivity index (χ1) is 12.0. The topological polar surface area (TPSA) is 132 Å². The number of nitriles is 1. The van der Waals surface area contributed by atoms with Gasteiger partial charge in [-0.25, -0.2) is 0 Å². The highest BCUT2D eigenvalue weighted by Gasteiger charge is 2.21. The zero-order chi connectivity index (χ0) is 17.7. The quantitative estimate of drug-likeness (QED) is 0.488. The third-order valence-corrected chi connectivity index (χ3v) is 4.15. The summed E-state index contributed by atoms with van der Waals surface area (Å²) in [5.74, 6) is -0.183. The number of hydrogen-bond acceptors (Lipinski definition) is 6. The van der Waals surface area contributed by atoms with E-state index in [1.165, 1.54) is 10.6 Å². The SMILES string of the molecule is Cn1c(=O)c(-c2[nH]nc3oc(=N)c(C#N)cc23)c(O)c2ccccc21. The second kappa shape index (κ2) is 5.07. The number of aryl methyl sites for hydroxylation is 1. The van der Waals surface area contributed by atoms with Crippen LogP contribution in [0.25, 0.3) is 33.3 Å². The van der Waals surface area contributed by atoms with Crippen molar-refractivity contribution in [3.63, 3.8) is 0 Å². The first kappa shape index (κ1) is 14.7. The van der Waals surface area contributed by atoms with Crippen molar-refractivity contribution >= 4 is 22.0 Å². The second-order valence-corrected chi connectivity index (χ2v) is 5.52. The molecule has 8 heteroatoms. The number of hydrogen-bond donors (Lipinski definition) is 3. The maximum Gasteiger partial charge on any atom is 0.264 e. The van der Waals surface area contributed by atoms with Crippen molar-refractivity contribution in [2.75, 3.05) is 0 Å².